The number of nitrogens with one attached hydrogen (secondary N) is 1. The maximum absolute atomic E-state index is 3.47. The van der Waals surface area contributed by atoms with Crippen LogP contribution in [0.3, 0.4) is 0 Å². The lowest BCUT2D eigenvalue weighted by Gasteiger charge is -2.21. The molecule has 1 aliphatic heterocycles. The molecule has 1 heterocycles. The minimum Gasteiger partial charge on any atom is -0.317 e. The third-order valence-electron chi connectivity index (χ3n) is 4.17. The third-order valence-corrected chi connectivity index (χ3v) is 4.17. The Labute approximate surface area is 114 Å². The Bertz CT molecular complexity index is 206. The van der Waals surface area contributed by atoms with Gasteiger partial charge in [0, 0.05) is 12.6 Å². The van der Waals surface area contributed by atoms with Crippen molar-refractivity contribution in [2.24, 2.45) is 5.92 Å². The molecule has 0 spiro atoms. The largest absolute Gasteiger partial charge is 0.317 e. The predicted molar refractivity (Wildman–Crippen MR) is 80.1 cm³/mol. The van der Waals surface area contributed by atoms with Gasteiger partial charge in [0.25, 0.3) is 0 Å². The molecule has 1 rings (SSSR count). The normalized spacial score (nSPS) is 21.3. The molecule has 1 N–H and O–H groups in total. The summed E-state index contributed by atoms with van der Waals surface area (Å²) >= 11 is 0. The van der Waals surface area contributed by atoms with Crippen LogP contribution < -0.4 is 5.32 Å². The highest BCUT2D eigenvalue weighted by Gasteiger charge is 2.21. The van der Waals surface area contributed by atoms with Gasteiger partial charge in [-0.15, -0.1) is 0 Å². The van der Waals surface area contributed by atoms with E-state index in [1.165, 1.54) is 52.0 Å². The number of hydrogen-bond donors (Lipinski definition) is 1. The average molecular weight is 255 g/mol. The average Bonchev–Trinajstić information content (AvgIpc) is 2.79. The van der Waals surface area contributed by atoms with Crippen LogP contribution in [0.2, 0.25) is 0 Å². The molecular weight excluding hydrogens is 222 g/mol. The molecule has 1 fully saturated rings. The zero-order valence-electron chi connectivity index (χ0n) is 12.9. The van der Waals surface area contributed by atoms with Crippen LogP contribution in [0.5, 0.6) is 0 Å². The Morgan fingerprint density at radius 2 is 2.11 bits per heavy atom. The van der Waals surface area contributed by atoms with Crippen LogP contribution in [-0.2, 0) is 0 Å². The number of likely N-dealkylation sites (tertiary alicyclic amines) is 1. The highest BCUT2D eigenvalue weighted by molar-refractivity contribution is 4.76. The Kier molecular flexibility index (Phi) is 7.87. The van der Waals surface area contributed by atoms with Gasteiger partial charge in [-0.3, -0.25) is 0 Å². The molecular formula is C15H33N3. The van der Waals surface area contributed by atoms with Crippen LogP contribution in [0, 0.1) is 5.92 Å². The summed E-state index contributed by atoms with van der Waals surface area (Å²) in [5.74, 6) is 0.892. The predicted octanol–water partition coefficient (Wildman–Crippen LogP) is 2.04. The fourth-order valence-corrected chi connectivity index (χ4v) is 2.59. The summed E-state index contributed by atoms with van der Waals surface area (Å²) in [7, 11) is 2.23. The molecule has 1 unspecified atom stereocenters. The van der Waals surface area contributed by atoms with Gasteiger partial charge in [-0.1, -0.05) is 6.92 Å². The van der Waals surface area contributed by atoms with Gasteiger partial charge in [0.1, 0.15) is 0 Å². The molecule has 0 aromatic heterocycles. The molecule has 1 saturated heterocycles. The first-order chi connectivity index (χ1) is 8.63. The molecule has 1 aliphatic rings. The van der Waals surface area contributed by atoms with Crippen molar-refractivity contribution in [3.63, 3.8) is 0 Å². The van der Waals surface area contributed by atoms with Gasteiger partial charge < -0.3 is 15.1 Å². The van der Waals surface area contributed by atoms with E-state index in [1.54, 1.807) is 0 Å². The van der Waals surface area contributed by atoms with E-state index in [-0.39, 0.29) is 0 Å². The van der Waals surface area contributed by atoms with E-state index in [2.05, 4.69) is 42.9 Å². The summed E-state index contributed by atoms with van der Waals surface area (Å²) < 4.78 is 0. The fourth-order valence-electron chi connectivity index (χ4n) is 2.59. The summed E-state index contributed by atoms with van der Waals surface area (Å²) in [5.41, 5.74) is 0. The highest BCUT2D eigenvalue weighted by atomic mass is 15.1. The van der Waals surface area contributed by atoms with E-state index in [0.717, 1.165) is 12.5 Å². The molecule has 0 aliphatic carbocycles. The van der Waals surface area contributed by atoms with Crippen molar-refractivity contribution in [2.45, 2.75) is 46.1 Å². The van der Waals surface area contributed by atoms with E-state index in [0.29, 0.717) is 6.04 Å². The molecule has 18 heavy (non-hydrogen) atoms. The van der Waals surface area contributed by atoms with Crippen molar-refractivity contribution in [2.75, 3.05) is 46.3 Å². The van der Waals surface area contributed by atoms with E-state index >= 15 is 0 Å². The first-order valence-corrected chi connectivity index (χ1v) is 7.76. The molecule has 3 heteroatoms. The number of nitrogens with zero attached hydrogens (tertiary/aromatic N) is 2. The maximum atomic E-state index is 3.47. The lowest BCUT2D eigenvalue weighted by Crippen LogP contribution is -2.29. The minimum absolute atomic E-state index is 0.682. The quantitative estimate of drug-likeness (QED) is 0.636. The zero-order valence-corrected chi connectivity index (χ0v) is 12.9. The first kappa shape index (κ1) is 15.9. The number of unbranched alkanes of at least 4 members (excludes halogenated alkanes) is 1. The van der Waals surface area contributed by atoms with Gasteiger partial charge in [-0.25, -0.2) is 0 Å². The van der Waals surface area contributed by atoms with Crippen LogP contribution >= 0.6 is 0 Å². The van der Waals surface area contributed by atoms with Crippen molar-refractivity contribution in [1.29, 1.82) is 0 Å². The van der Waals surface area contributed by atoms with Crippen LogP contribution in [0.15, 0.2) is 0 Å². The first-order valence-electron chi connectivity index (χ1n) is 7.76. The van der Waals surface area contributed by atoms with Gasteiger partial charge in [0.05, 0.1) is 0 Å². The van der Waals surface area contributed by atoms with Gasteiger partial charge in [0.15, 0.2) is 0 Å². The molecule has 0 bridgehead atoms. The summed E-state index contributed by atoms with van der Waals surface area (Å²) in [5, 5.41) is 3.47. The van der Waals surface area contributed by atoms with E-state index in [1.807, 2.05) is 0 Å². The molecule has 0 radical (unpaired) electrons. The minimum atomic E-state index is 0.682. The van der Waals surface area contributed by atoms with E-state index in [4.69, 9.17) is 0 Å². The smallest absolute Gasteiger partial charge is 0.00355 e. The Hall–Kier alpha value is -0.120. The van der Waals surface area contributed by atoms with E-state index in [9.17, 15) is 0 Å². The SMILES string of the molecule is CCNCC1CCN(CCCCN(C)C(C)C)C1. The maximum Gasteiger partial charge on any atom is 0.00355 e. The standard InChI is InChI=1S/C15H33N3/c1-5-16-12-15-8-11-18(13-15)10-7-6-9-17(4)14(2)3/h14-16H,5-13H2,1-4H3. The second kappa shape index (κ2) is 8.89. The van der Waals surface area contributed by atoms with Gasteiger partial charge in [-0.2, -0.15) is 0 Å². The lowest BCUT2D eigenvalue weighted by molar-refractivity contribution is 0.254. The Balaban J connectivity index is 2.00. The fraction of sp³-hybridized carbons (Fsp3) is 1.00. The number of rotatable bonds is 9. The summed E-state index contributed by atoms with van der Waals surface area (Å²) in [6.07, 6.45) is 4.08. The second-order valence-electron chi connectivity index (χ2n) is 6.04. The van der Waals surface area contributed by atoms with E-state index < -0.39 is 0 Å². The van der Waals surface area contributed by atoms with Gasteiger partial charge in [-0.05, 0) is 78.8 Å². The van der Waals surface area contributed by atoms with Gasteiger partial charge in [0.2, 0.25) is 0 Å². The summed E-state index contributed by atoms with van der Waals surface area (Å²) in [4.78, 5) is 5.09. The van der Waals surface area contributed by atoms with Crippen LogP contribution in [0.25, 0.3) is 0 Å². The lowest BCUT2D eigenvalue weighted by atomic mass is 10.1. The molecule has 0 aromatic carbocycles. The summed E-state index contributed by atoms with van der Waals surface area (Å²) in [6, 6.07) is 0.682. The molecule has 0 aromatic rings. The topological polar surface area (TPSA) is 18.5 Å². The second-order valence-corrected chi connectivity index (χ2v) is 6.04. The highest BCUT2D eigenvalue weighted by Crippen LogP contribution is 2.15. The van der Waals surface area contributed by atoms with Crippen molar-refractivity contribution >= 4 is 0 Å². The summed E-state index contributed by atoms with van der Waals surface area (Å²) in [6.45, 7) is 14.2. The Morgan fingerprint density at radius 3 is 2.78 bits per heavy atom. The van der Waals surface area contributed by atoms with Crippen molar-refractivity contribution in [3.05, 3.63) is 0 Å². The Morgan fingerprint density at radius 1 is 1.33 bits per heavy atom. The molecule has 1 atom stereocenters. The molecule has 0 saturated carbocycles. The van der Waals surface area contributed by atoms with Gasteiger partial charge >= 0.3 is 0 Å². The zero-order chi connectivity index (χ0) is 13.4. The molecule has 0 amide bonds. The van der Waals surface area contributed by atoms with Crippen molar-refractivity contribution < 1.29 is 0 Å². The monoisotopic (exact) mass is 255 g/mol. The van der Waals surface area contributed by atoms with Crippen molar-refractivity contribution in [1.82, 2.24) is 15.1 Å². The van der Waals surface area contributed by atoms with Crippen molar-refractivity contribution in [3.8, 4) is 0 Å². The van der Waals surface area contributed by atoms with Crippen LogP contribution in [0.1, 0.15) is 40.0 Å². The molecule has 3 nitrogen and oxygen atoms in total. The van der Waals surface area contributed by atoms with Crippen LogP contribution in [-0.4, -0.2) is 62.2 Å². The molecule has 108 valence electrons. The number of hydrogen-bond acceptors (Lipinski definition) is 3. The van der Waals surface area contributed by atoms with Crippen LogP contribution in [0.4, 0.5) is 0 Å². The third kappa shape index (κ3) is 6.17.